The molecule has 4 rings (SSSR count). The number of nitrogens with one attached hydrogen (secondary N) is 1. The fourth-order valence-corrected chi connectivity index (χ4v) is 4.17. The Morgan fingerprint density at radius 2 is 2.07 bits per heavy atom. The second-order valence-electron chi connectivity index (χ2n) is 6.98. The Morgan fingerprint density at radius 3 is 2.80 bits per heavy atom. The van der Waals surface area contributed by atoms with Crippen LogP contribution in [0.1, 0.15) is 29.9 Å². The summed E-state index contributed by atoms with van der Waals surface area (Å²) in [6.45, 7) is 0.641. The van der Waals surface area contributed by atoms with Crippen LogP contribution in [0.4, 0.5) is 5.69 Å². The van der Waals surface area contributed by atoms with Crippen molar-refractivity contribution in [2.24, 2.45) is 0 Å². The molecule has 0 aliphatic carbocycles. The van der Waals surface area contributed by atoms with Gasteiger partial charge in [-0.3, -0.25) is 15.1 Å². The summed E-state index contributed by atoms with van der Waals surface area (Å²) in [5.41, 5.74) is 2.51. The lowest BCUT2D eigenvalue weighted by Gasteiger charge is -2.28. The maximum absolute atomic E-state index is 11.2. The third-order valence-electron chi connectivity index (χ3n) is 5.16. The van der Waals surface area contributed by atoms with Crippen LogP contribution in [0.15, 0.2) is 67.0 Å². The fraction of sp³-hybridized carbons (Fsp3) is 0.238. The third-order valence-corrected chi connectivity index (χ3v) is 5.51. The molecule has 1 fully saturated rings. The third kappa shape index (κ3) is 3.77. The van der Waals surface area contributed by atoms with Gasteiger partial charge in [0.1, 0.15) is 0 Å². The Hall–Kier alpha value is -3.30. The van der Waals surface area contributed by atoms with Crippen LogP contribution in [0, 0.1) is 10.1 Å². The lowest BCUT2D eigenvalue weighted by molar-refractivity contribution is -0.384. The molecular weight excluding hydrogens is 402 g/mol. The fourth-order valence-electron chi connectivity index (χ4n) is 3.84. The quantitative estimate of drug-likeness (QED) is 0.342. The summed E-state index contributed by atoms with van der Waals surface area (Å²) in [5, 5.41) is 24.6. The number of non-ortho nitro benzene ring substituents is 1. The number of aliphatic hydroxyl groups excluding tert-OH is 1. The van der Waals surface area contributed by atoms with E-state index >= 15 is 0 Å². The molecule has 0 unspecified atom stereocenters. The number of aromatic nitrogens is 2. The summed E-state index contributed by atoms with van der Waals surface area (Å²) in [4.78, 5) is 17.4. The minimum atomic E-state index is -0.400. The van der Waals surface area contributed by atoms with Crippen molar-refractivity contribution in [1.82, 2.24) is 19.8 Å². The first-order chi connectivity index (χ1) is 14.6. The largest absolute Gasteiger partial charge is 0.396 e. The predicted octanol–water partition coefficient (Wildman–Crippen LogP) is 3.14. The monoisotopic (exact) mass is 423 g/mol. The molecule has 1 saturated heterocycles. The van der Waals surface area contributed by atoms with Gasteiger partial charge in [0.15, 0.2) is 5.11 Å². The Morgan fingerprint density at radius 1 is 1.20 bits per heavy atom. The van der Waals surface area contributed by atoms with E-state index in [1.807, 2.05) is 52.1 Å². The van der Waals surface area contributed by atoms with Crippen molar-refractivity contribution in [2.45, 2.75) is 18.5 Å². The molecule has 1 aromatic carbocycles. The molecule has 8 nitrogen and oxygen atoms in total. The highest BCUT2D eigenvalue weighted by Gasteiger charge is 2.40. The highest BCUT2D eigenvalue weighted by molar-refractivity contribution is 7.80. The molecule has 9 heteroatoms. The van der Waals surface area contributed by atoms with Crippen molar-refractivity contribution in [1.29, 1.82) is 0 Å². The van der Waals surface area contributed by atoms with E-state index in [0.717, 1.165) is 11.4 Å². The number of thiocarbonyl (C=S) groups is 1. The first kappa shape index (κ1) is 20.0. The maximum atomic E-state index is 11.2. The van der Waals surface area contributed by atoms with Gasteiger partial charge in [-0.2, -0.15) is 0 Å². The van der Waals surface area contributed by atoms with E-state index < -0.39 is 4.92 Å². The summed E-state index contributed by atoms with van der Waals surface area (Å²) in [5.74, 6) is 0. The molecule has 2 N–H and O–H groups in total. The minimum absolute atomic E-state index is 0.0330. The molecule has 0 radical (unpaired) electrons. The molecule has 0 amide bonds. The number of hydrogen-bond donors (Lipinski definition) is 2. The van der Waals surface area contributed by atoms with Gasteiger partial charge < -0.3 is 19.9 Å². The van der Waals surface area contributed by atoms with Crippen LogP contribution in [0.3, 0.4) is 0 Å². The van der Waals surface area contributed by atoms with E-state index in [0.29, 0.717) is 23.8 Å². The first-order valence-corrected chi connectivity index (χ1v) is 10.0. The van der Waals surface area contributed by atoms with Crippen molar-refractivity contribution in [3.63, 3.8) is 0 Å². The van der Waals surface area contributed by atoms with E-state index in [-0.39, 0.29) is 24.4 Å². The van der Waals surface area contributed by atoms with E-state index in [1.165, 1.54) is 6.07 Å². The van der Waals surface area contributed by atoms with Crippen LogP contribution < -0.4 is 5.32 Å². The van der Waals surface area contributed by atoms with Gasteiger partial charge in [-0.15, -0.1) is 0 Å². The molecule has 3 heterocycles. The number of benzene rings is 1. The number of nitrogens with zero attached hydrogens (tertiary/aromatic N) is 4. The Bertz CT molecular complexity index is 1060. The van der Waals surface area contributed by atoms with Crippen LogP contribution in [-0.2, 0) is 0 Å². The minimum Gasteiger partial charge on any atom is -0.396 e. The van der Waals surface area contributed by atoms with Crippen molar-refractivity contribution in [2.75, 3.05) is 13.2 Å². The van der Waals surface area contributed by atoms with Gasteiger partial charge in [0.2, 0.25) is 0 Å². The van der Waals surface area contributed by atoms with E-state index in [1.54, 1.807) is 18.3 Å². The Labute approximate surface area is 178 Å². The van der Waals surface area contributed by atoms with Gasteiger partial charge in [-0.05, 0) is 49.0 Å². The zero-order chi connectivity index (χ0) is 21.1. The molecule has 30 heavy (non-hydrogen) atoms. The molecule has 0 saturated carbocycles. The summed E-state index contributed by atoms with van der Waals surface area (Å²) < 4.78 is 1.94. The van der Waals surface area contributed by atoms with Crippen LogP contribution >= 0.6 is 12.2 Å². The Kier molecular flexibility index (Phi) is 5.73. The molecule has 3 aromatic rings. The van der Waals surface area contributed by atoms with Crippen LogP contribution in [0.5, 0.6) is 0 Å². The lowest BCUT2D eigenvalue weighted by Crippen LogP contribution is -2.31. The molecule has 1 aliphatic heterocycles. The highest BCUT2D eigenvalue weighted by atomic mass is 32.1. The smallest absolute Gasteiger partial charge is 0.271 e. The maximum Gasteiger partial charge on any atom is 0.271 e. The van der Waals surface area contributed by atoms with Crippen LogP contribution in [0.25, 0.3) is 5.69 Å². The molecule has 0 bridgehead atoms. The summed E-state index contributed by atoms with van der Waals surface area (Å²) >= 11 is 5.60. The second kappa shape index (κ2) is 8.60. The van der Waals surface area contributed by atoms with Crippen molar-refractivity contribution >= 4 is 23.0 Å². The van der Waals surface area contributed by atoms with Crippen LogP contribution in [-0.4, -0.2) is 42.7 Å². The number of aliphatic hydroxyl groups is 1. The summed E-state index contributed by atoms with van der Waals surface area (Å²) in [6.07, 6.45) is 4.20. The Balaban J connectivity index is 1.79. The molecule has 2 aromatic heterocycles. The van der Waals surface area contributed by atoms with E-state index in [2.05, 4.69) is 10.3 Å². The van der Waals surface area contributed by atoms with Gasteiger partial charge in [0, 0.05) is 43.4 Å². The standard InChI is InChI=1S/C21H21N5O3S/c27-13-5-12-25-20(19(23-21(25)30)17-8-1-2-10-22-17)18-9-4-11-24(18)15-6-3-7-16(14-15)26(28)29/h1-4,6-11,14,19-20,27H,5,12-13H2,(H,23,30)/t19-,20-/m0/s1. The molecule has 0 spiro atoms. The first-order valence-electron chi connectivity index (χ1n) is 9.61. The van der Waals surface area contributed by atoms with Gasteiger partial charge >= 0.3 is 0 Å². The molecule has 2 atom stereocenters. The SMILES string of the molecule is O=[N+]([O-])c1cccc(-n2cccc2[C@H]2[C@H](c3ccccn3)NC(=S)N2CCCO)c1. The molecular formula is C21H21N5O3S. The van der Waals surface area contributed by atoms with Gasteiger partial charge in [-0.25, -0.2) is 0 Å². The average Bonchev–Trinajstić information content (AvgIpc) is 3.37. The average molecular weight is 423 g/mol. The zero-order valence-electron chi connectivity index (χ0n) is 16.1. The summed E-state index contributed by atoms with van der Waals surface area (Å²) in [7, 11) is 0. The predicted molar refractivity (Wildman–Crippen MR) is 116 cm³/mol. The van der Waals surface area contributed by atoms with Crippen molar-refractivity contribution < 1.29 is 10.0 Å². The highest BCUT2D eigenvalue weighted by Crippen LogP contribution is 2.39. The number of nitro groups is 1. The summed E-state index contributed by atoms with van der Waals surface area (Å²) in [6, 6.07) is 15.8. The number of rotatable bonds is 7. The van der Waals surface area contributed by atoms with E-state index in [4.69, 9.17) is 12.2 Å². The van der Waals surface area contributed by atoms with Crippen molar-refractivity contribution in [3.8, 4) is 5.69 Å². The van der Waals surface area contributed by atoms with Gasteiger partial charge in [0.25, 0.3) is 5.69 Å². The van der Waals surface area contributed by atoms with Crippen molar-refractivity contribution in [3.05, 3.63) is 88.5 Å². The topological polar surface area (TPSA) is 96.5 Å². The number of nitro benzene ring substituents is 1. The zero-order valence-corrected chi connectivity index (χ0v) is 16.9. The lowest BCUT2D eigenvalue weighted by atomic mass is 10.0. The molecule has 154 valence electrons. The second-order valence-corrected chi connectivity index (χ2v) is 7.36. The van der Waals surface area contributed by atoms with Crippen LogP contribution in [0.2, 0.25) is 0 Å². The number of hydrogen-bond acceptors (Lipinski definition) is 5. The molecule has 1 aliphatic rings. The normalized spacial score (nSPS) is 18.4. The van der Waals surface area contributed by atoms with Gasteiger partial charge in [-0.1, -0.05) is 12.1 Å². The van der Waals surface area contributed by atoms with Gasteiger partial charge in [0.05, 0.1) is 28.4 Å². The number of pyridine rings is 1. The van der Waals surface area contributed by atoms with E-state index in [9.17, 15) is 15.2 Å².